The van der Waals surface area contributed by atoms with Gasteiger partial charge in [0.05, 0.1) is 17.4 Å². The standard InChI is InChI=1S/C14H20FN3O2/c1-2-13-8(3-4-20-13)7-18-12-5-9(14(17)19)11(16)6-10(12)15/h5-6,8,13,18H,2-4,7,16H2,1H3,(H2,17,19). The van der Waals surface area contributed by atoms with Crippen LogP contribution in [0.2, 0.25) is 0 Å². The molecule has 1 aromatic rings. The van der Waals surface area contributed by atoms with Crippen LogP contribution in [0.1, 0.15) is 30.1 Å². The van der Waals surface area contributed by atoms with Crippen molar-refractivity contribution in [1.82, 2.24) is 0 Å². The Morgan fingerprint density at radius 1 is 1.55 bits per heavy atom. The van der Waals surface area contributed by atoms with Gasteiger partial charge in [0.25, 0.3) is 5.91 Å². The summed E-state index contributed by atoms with van der Waals surface area (Å²) in [5, 5.41) is 3.02. The Hall–Kier alpha value is -1.82. The molecule has 1 saturated heterocycles. The summed E-state index contributed by atoms with van der Waals surface area (Å²) >= 11 is 0. The maximum atomic E-state index is 13.8. The first-order chi connectivity index (χ1) is 9.52. The third kappa shape index (κ3) is 3.01. The number of nitrogens with two attached hydrogens (primary N) is 2. The zero-order valence-electron chi connectivity index (χ0n) is 11.5. The van der Waals surface area contributed by atoms with Crippen LogP contribution < -0.4 is 16.8 Å². The molecule has 0 saturated carbocycles. The molecule has 0 aliphatic carbocycles. The van der Waals surface area contributed by atoms with Gasteiger partial charge >= 0.3 is 0 Å². The lowest BCUT2D eigenvalue weighted by atomic mass is 9.99. The number of anilines is 2. The molecule has 2 rings (SSSR count). The van der Waals surface area contributed by atoms with Crippen molar-refractivity contribution in [2.45, 2.75) is 25.9 Å². The van der Waals surface area contributed by atoms with Gasteiger partial charge in [-0.3, -0.25) is 4.79 Å². The Morgan fingerprint density at radius 2 is 2.30 bits per heavy atom. The quantitative estimate of drug-likeness (QED) is 0.717. The molecule has 0 spiro atoms. The average Bonchev–Trinajstić information content (AvgIpc) is 2.84. The molecule has 2 unspecified atom stereocenters. The van der Waals surface area contributed by atoms with E-state index in [2.05, 4.69) is 12.2 Å². The monoisotopic (exact) mass is 281 g/mol. The molecule has 5 nitrogen and oxygen atoms in total. The van der Waals surface area contributed by atoms with Crippen LogP contribution in [-0.4, -0.2) is 25.2 Å². The van der Waals surface area contributed by atoms with Crippen molar-refractivity contribution < 1.29 is 13.9 Å². The van der Waals surface area contributed by atoms with Crippen molar-refractivity contribution >= 4 is 17.3 Å². The van der Waals surface area contributed by atoms with Crippen LogP contribution in [0.4, 0.5) is 15.8 Å². The van der Waals surface area contributed by atoms with Crippen molar-refractivity contribution in [3.05, 3.63) is 23.5 Å². The number of hydrogen-bond acceptors (Lipinski definition) is 4. The first-order valence-electron chi connectivity index (χ1n) is 6.77. The zero-order valence-corrected chi connectivity index (χ0v) is 11.5. The maximum Gasteiger partial charge on any atom is 0.250 e. The number of ether oxygens (including phenoxy) is 1. The van der Waals surface area contributed by atoms with Gasteiger partial charge in [-0.25, -0.2) is 4.39 Å². The van der Waals surface area contributed by atoms with Gasteiger partial charge in [0.2, 0.25) is 0 Å². The summed E-state index contributed by atoms with van der Waals surface area (Å²) in [5.41, 5.74) is 11.2. The van der Waals surface area contributed by atoms with Crippen molar-refractivity contribution in [3.8, 4) is 0 Å². The third-order valence-electron chi connectivity index (χ3n) is 3.71. The number of hydrogen-bond donors (Lipinski definition) is 3. The van der Waals surface area contributed by atoms with Crippen LogP contribution in [0.5, 0.6) is 0 Å². The Bertz CT molecular complexity index is 507. The van der Waals surface area contributed by atoms with E-state index in [1.807, 2.05) is 0 Å². The fourth-order valence-corrected chi connectivity index (χ4v) is 2.56. The molecule has 0 radical (unpaired) electrons. The van der Waals surface area contributed by atoms with Gasteiger partial charge < -0.3 is 21.5 Å². The van der Waals surface area contributed by atoms with Crippen LogP contribution >= 0.6 is 0 Å². The number of rotatable bonds is 5. The number of carbonyl (C=O) groups excluding carboxylic acids is 1. The lowest BCUT2D eigenvalue weighted by molar-refractivity contribution is 0.0900. The molecule has 1 aliphatic rings. The van der Waals surface area contributed by atoms with E-state index in [1.165, 1.54) is 6.07 Å². The van der Waals surface area contributed by atoms with Gasteiger partial charge in [0.15, 0.2) is 0 Å². The summed E-state index contributed by atoms with van der Waals surface area (Å²) in [7, 11) is 0. The average molecular weight is 281 g/mol. The minimum Gasteiger partial charge on any atom is -0.398 e. The molecule has 1 amide bonds. The van der Waals surface area contributed by atoms with Gasteiger partial charge in [-0.15, -0.1) is 0 Å². The molecule has 6 heteroatoms. The second-order valence-electron chi connectivity index (χ2n) is 5.03. The number of carbonyl (C=O) groups is 1. The first kappa shape index (κ1) is 14.6. The highest BCUT2D eigenvalue weighted by Crippen LogP contribution is 2.26. The summed E-state index contributed by atoms with van der Waals surface area (Å²) in [5.74, 6) is -0.811. The molecule has 0 aromatic heterocycles. The maximum absolute atomic E-state index is 13.8. The largest absolute Gasteiger partial charge is 0.398 e. The molecular weight excluding hydrogens is 261 g/mol. The van der Waals surface area contributed by atoms with E-state index >= 15 is 0 Å². The van der Waals surface area contributed by atoms with E-state index in [9.17, 15) is 9.18 Å². The Kier molecular flexibility index (Phi) is 4.44. The molecule has 1 fully saturated rings. The number of halogens is 1. The number of nitrogens with one attached hydrogen (secondary N) is 1. The lowest BCUT2D eigenvalue weighted by Crippen LogP contribution is -2.23. The molecule has 1 aliphatic heterocycles. The molecule has 20 heavy (non-hydrogen) atoms. The second-order valence-corrected chi connectivity index (χ2v) is 5.03. The highest BCUT2D eigenvalue weighted by Gasteiger charge is 2.26. The second kappa shape index (κ2) is 6.09. The number of primary amides is 1. The van der Waals surface area contributed by atoms with E-state index in [4.69, 9.17) is 16.2 Å². The van der Waals surface area contributed by atoms with Crippen molar-refractivity contribution in [1.29, 1.82) is 0 Å². The minimum absolute atomic E-state index is 0.0520. The van der Waals surface area contributed by atoms with Crippen LogP contribution in [0.15, 0.2) is 12.1 Å². The molecule has 2 atom stereocenters. The van der Waals surface area contributed by atoms with Crippen LogP contribution in [0.25, 0.3) is 0 Å². The number of amides is 1. The summed E-state index contributed by atoms with van der Waals surface area (Å²) in [6, 6.07) is 2.48. The molecule has 0 bridgehead atoms. The Balaban J connectivity index is 2.09. The SMILES string of the molecule is CCC1OCCC1CNc1cc(C(N)=O)c(N)cc1F. The van der Waals surface area contributed by atoms with Gasteiger partial charge in [-0.1, -0.05) is 6.92 Å². The molecular formula is C14H20FN3O2. The lowest BCUT2D eigenvalue weighted by Gasteiger charge is -2.18. The van der Waals surface area contributed by atoms with Crippen LogP contribution in [-0.2, 0) is 4.74 Å². The van der Waals surface area contributed by atoms with Gasteiger partial charge in [-0.05, 0) is 25.0 Å². The zero-order chi connectivity index (χ0) is 14.7. The summed E-state index contributed by atoms with van der Waals surface area (Å²) in [6.45, 7) is 3.40. The molecule has 5 N–H and O–H groups in total. The molecule has 110 valence electrons. The van der Waals surface area contributed by atoms with Crippen LogP contribution in [0, 0.1) is 11.7 Å². The predicted octanol–water partition coefficient (Wildman–Crippen LogP) is 1.73. The van der Waals surface area contributed by atoms with Crippen molar-refractivity contribution in [2.24, 2.45) is 11.7 Å². The molecule has 1 aromatic carbocycles. The van der Waals surface area contributed by atoms with E-state index in [0.717, 1.165) is 25.5 Å². The van der Waals surface area contributed by atoms with Crippen molar-refractivity contribution in [2.75, 3.05) is 24.2 Å². The van der Waals surface area contributed by atoms with Gasteiger partial charge in [0.1, 0.15) is 5.82 Å². The van der Waals surface area contributed by atoms with E-state index in [0.29, 0.717) is 12.5 Å². The smallest absolute Gasteiger partial charge is 0.250 e. The van der Waals surface area contributed by atoms with E-state index in [1.54, 1.807) is 0 Å². The fourth-order valence-electron chi connectivity index (χ4n) is 2.56. The summed E-state index contributed by atoms with van der Waals surface area (Å²) < 4.78 is 19.4. The first-order valence-corrected chi connectivity index (χ1v) is 6.77. The van der Waals surface area contributed by atoms with E-state index < -0.39 is 11.7 Å². The summed E-state index contributed by atoms with van der Waals surface area (Å²) in [4.78, 5) is 11.2. The highest BCUT2D eigenvalue weighted by molar-refractivity contribution is 5.99. The Morgan fingerprint density at radius 3 is 2.95 bits per heavy atom. The van der Waals surface area contributed by atoms with Gasteiger partial charge in [-0.2, -0.15) is 0 Å². The fraction of sp³-hybridized carbons (Fsp3) is 0.500. The third-order valence-corrected chi connectivity index (χ3v) is 3.71. The number of nitrogen functional groups attached to an aromatic ring is 1. The number of benzene rings is 1. The van der Waals surface area contributed by atoms with Gasteiger partial charge in [0, 0.05) is 24.8 Å². The minimum atomic E-state index is -0.666. The Labute approximate surface area is 117 Å². The summed E-state index contributed by atoms with van der Waals surface area (Å²) in [6.07, 6.45) is 2.09. The predicted molar refractivity (Wildman–Crippen MR) is 76.0 cm³/mol. The van der Waals surface area contributed by atoms with E-state index in [-0.39, 0.29) is 23.0 Å². The van der Waals surface area contributed by atoms with Crippen LogP contribution in [0.3, 0.4) is 0 Å². The normalized spacial score (nSPS) is 21.9. The topological polar surface area (TPSA) is 90.4 Å². The van der Waals surface area contributed by atoms with Crippen molar-refractivity contribution in [3.63, 3.8) is 0 Å². The molecule has 1 heterocycles. The highest BCUT2D eigenvalue weighted by atomic mass is 19.1.